The number of hydrogen-bond donors (Lipinski definition) is 2. The number of benzene rings is 3. The van der Waals surface area contributed by atoms with Gasteiger partial charge in [-0.3, -0.25) is 13.9 Å². The van der Waals surface area contributed by atoms with Crippen molar-refractivity contribution in [2.75, 3.05) is 29.3 Å². The molecule has 4 rings (SSSR count). The van der Waals surface area contributed by atoms with Crippen molar-refractivity contribution in [2.45, 2.75) is 37.7 Å². The van der Waals surface area contributed by atoms with E-state index in [9.17, 15) is 18.0 Å². The van der Waals surface area contributed by atoms with E-state index in [0.717, 1.165) is 28.3 Å². The minimum atomic E-state index is -4.04. The molecule has 1 fully saturated rings. The molecule has 1 aliphatic heterocycles. The highest BCUT2D eigenvalue weighted by atomic mass is 32.2. The van der Waals surface area contributed by atoms with Crippen molar-refractivity contribution in [1.82, 2.24) is 5.32 Å². The second kappa shape index (κ2) is 11.6. The topological polar surface area (TPSA) is 105 Å². The fourth-order valence-electron chi connectivity index (χ4n) is 4.15. The van der Waals surface area contributed by atoms with Crippen molar-refractivity contribution < 1.29 is 22.7 Å². The quantitative estimate of drug-likeness (QED) is 0.442. The van der Waals surface area contributed by atoms with E-state index in [2.05, 4.69) is 10.6 Å². The number of anilines is 2. The summed E-state index contributed by atoms with van der Waals surface area (Å²) in [5, 5.41) is 5.59. The molecule has 0 saturated carbocycles. The maximum Gasteiger partial charge on any atom is 0.264 e. The summed E-state index contributed by atoms with van der Waals surface area (Å²) in [6, 6.07) is 20.1. The Balaban J connectivity index is 1.55. The first-order chi connectivity index (χ1) is 17.7. The fraction of sp³-hybridized carbons (Fsp3) is 0.286. The number of ether oxygens (including phenoxy) is 1. The molecule has 1 atom stereocenters. The van der Waals surface area contributed by atoms with Gasteiger partial charge in [-0.05, 0) is 68.7 Å². The Hall–Kier alpha value is -3.69. The molecule has 0 spiro atoms. The lowest BCUT2D eigenvalue weighted by molar-refractivity contribution is -0.114. The molecule has 37 heavy (non-hydrogen) atoms. The Morgan fingerprint density at radius 3 is 2.43 bits per heavy atom. The lowest BCUT2D eigenvalue weighted by Gasteiger charge is -2.25. The van der Waals surface area contributed by atoms with Crippen LogP contribution in [0.4, 0.5) is 11.4 Å². The summed E-state index contributed by atoms with van der Waals surface area (Å²) in [7, 11) is -4.04. The minimum absolute atomic E-state index is 0.0134. The van der Waals surface area contributed by atoms with Crippen LogP contribution in [-0.4, -0.2) is 46.0 Å². The number of aryl methyl sites for hydroxylation is 2. The SMILES string of the molecule is Cc1ccc(S(=O)(=O)N(CC(=O)Nc2ccccc2C(=O)NC[C@@H]2CCCO2)c2cccc(C)c2)cc1. The van der Waals surface area contributed by atoms with E-state index >= 15 is 0 Å². The number of carbonyl (C=O) groups is 2. The maximum absolute atomic E-state index is 13.6. The molecule has 0 radical (unpaired) electrons. The van der Waals surface area contributed by atoms with Crippen molar-refractivity contribution >= 4 is 33.2 Å². The second-order valence-corrected chi connectivity index (χ2v) is 11.0. The number of nitrogens with zero attached hydrogens (tertiary/aromatic N) is 1. The highest BCUT2D eigenvalue weighted by molar-refractivity contribution is 7.92. The molecule has 3 aromatic carbocycles. The first-order valence-electron chi connectivity index (χ1n) is 12.2. The smallest absolute Gasteiger partial charge is 0.264 e. The third-order valence-corrected chi connectivity index (χ3v) is 7.93. The molecule has 0 bridgehead atoms. The van der Waals surface area contributed by atoms with Crippen molar-refractivity contribution in [2.24, 2.45) is 0 Å². The molecule has 9 heteroatoms. The maximum atomic E-state index is 13.6. The summed E-state index contributed by atoms with van der Waals surface area (Å²) in [6.07, 6.45) is 1.85. The lowest BCUT2D eigenvalue weighted by atomic mass is 10.1. The van der Waals surface area contributed by atoms with Gasteiger partial charge in [-0.2, -0.15) is 0 Å². The van der Waals surface area contributed by atoms with Gasteiger partial charge in [-0.1, -0.05) is 42.0 Å². The number of nitrogens with one attached hydrogen (secondary N) is 2. The molecule has 2 amide bonds. The third kappa shape index (κ3) is 6.55. The van der Waals surface area contributed by atoms with Crippen molar-refractivity contribution in [3.05, 3.63) is 89.5 Å². The molecule has 194 valence electrons. The van der Waals surface area contributed by atoms with Crippen LogP contribution in [0, 0.1) is 13.8 Å². The van der Waals surface area contributed by atoms with Crippen LogP contribution >= 0.6 is 0 Å². The van der Waals surface area contributed by atoms with Crippen LogP contribution in [0.25, 0.3) is 0 Å². The molecule has 1 saturated heterocycles. The van der Waals surface area contributed by atoms with Crippen LogP contribution in [0.5, 0.6) is 0 Å². The highest BCUT2D eigenvalue weighted by Gasteiger charge is 2.28. The molecular formula is C28H31N3O5S. The molecule has 1 heterocycles. The van der Waals surface area contributed by atoms with Crippen LogP contribution in [0.1, 0.15) is 34.3 Å². The van der Waals surface area contributed by atoms with Crippen LogP contribution in [0.3, 0.4) is 0 Å². The second-order valence-electron chi connectivity index (χ2n) is 9.10. The van der Waals surface area contributed by atoms with E-state index < -0.39 is 22.5 Å². The van der Waals surface area contributed by atoms with E-state index in [-0.39, 0.29) is 22.5 Å². The monoisotopic (exact) mass is 521 g/mol. The Morgan fingerprint density at radius 2 is 1.73 bits per heavy atom. The van der Waals surface area contributed by atoms with Crippen molar-refractivity contribution in [1.29, 1.82) is 0 Å². The zero-order valence-electron chi connectivity index (χ0n) is 20.9. The molecule has 0 aromatic heterocycles. The number of sulfonamides is 1. The summed E-state index contributed by atoms with van der Waals surface area (Å²) in [6.45, 7) is 4.33. The van der Waals surface area contributed by atoms with E-state index in [1.165, 1.54) is 12.1 Å². The van der Waals surface area contributed by atoms with Gasteiger partial charge in [-0.25, -0.2) is 8.42 Å². The predicted octanol–water partition coefficient (Wildman–Crippen LogP) is 4.05. The van der Waals surface area contributed by atoms with Crippen molar-refractivity contribution in [3.8, 4) is 0 Å². The average molecular weight is 522 g/mol. The van der Waals surface area contributed by atoms with Crippen LogP contribution in [-0.2, 0) is 19.6 Å². The van der Waals surface area contributed by atoms with Gasteiger partial charge in [0.25, 0.3) is 15.9 Å². The van der Waals surface area contributed by atoms with Gasteiger partial charge in [0.15, 0.2) is 0 Å². The van der Waals surface area contributed by atoms with Gasteiger partial charge < -0.3 is 15.4 Å². The van der Waals surface area contributed by atoms with Gasteiger partial charge in [0, 0.05) is 13.2 Å². The zero-order chi connectivity index (χ0) is 26.4. The molecule has 8 nitrogen and oxygen atoms in total. The van der Waals surface area contributed by atoms with E-state index in [0.29, 0.717) is 24.5 Å². The molecule has 1 aliphatic rings. The molecule has 2 N–H and O–H groups in total. The minimum Gasteiger partial charge on any atom is -0.376 e. The van der Waals surface area contributed by atoms with Crippen LogP contribution in [0.2, 0.25) is 0 Å². The molecule has 0 unspecified atom stereocenters. The molecule has 3 aromatic rings. The predicted molar refractivity (Wildman–Crippen MR) is 143 cm³/mol. The fourth-order valence-corrected chi connectivity index (χ4v) is 5.57. The van der Waals surface area contributed by atoms with E-state index in [4.69, 9.17) is 4.74 Å². The number of carbonyl (C=O) groups excluding carboxylic acids is 2. The van der Waals surface area contributed by atoms with Gasteiger partial charge in [0.1, 0.15) is 6.54 Å². The summed E-state index contributed by atoms with van der Waals surface area (Å²) >= 11 is 0. The Labute approximate surface area is 217 Å². The standard InChI is InChI=1S/C28H31N3O5S/c1-20-12-14-24(15-13-20)37(34,35)31(22-8-5-7-21(2)17-22)19-27(32)30-26-11-4-3-10-25(26)28(33)29-18-23-9-6-16-36-23/h3-5,7-8,10-15,17,23H,6,9,16,18-19H2,1-2H3,(H,29,33)(H,30,32)/t23-/m0/s1. The average Bonchev–Trinajstić information content (AvgIpc) is 3.40. The first kappa shape index (κ1) is 26.4. The summed E-state index contributed by atoms with van der Waals surface area (Å²) in [4.78, 5) is 26.1. The van der Waals surface area contributed by atoms with Crippen molar-refractivity contribution in [3.63, 3.8) is 0 Å². The third-order valence-electron chi connectivity index (χ3n) is 6.15. The van der Waals surface area contributed by atoms with Crippen LogP contribution in [0.15, 0.2) is 77.7 Å². The van der Waals surface area contributed by atoms with Gasteiger partial charge in [0.2, 0.25) is 5.91 Å². The largest absolute Gasteiger partial charge is 0.376 e. The van der Waals surface area contributed by atoms with Gasteiger partial charge in [0.05, 0.1) is 27.9 Å². The summed E-state index contributed by atoms with van der Waals surface area (Å²) in [5.74, 6) is -0.911. The summed E-state index contributed by atoms with van der Waals surface area (Å²) < 4.78 is 33.8. The number of para-hydroxylation sites is 1. The Kier molecular flexibility index (Phi) is 8.25. The molecular weight excluding hydrogens is 490 g/mol. The number of hydrogen-bond acceptors (Lipinski definition) is 5. The number of amides is 2. The Morgan fingerprint density at radius 1 is 0.973 bits per heavy atom. The summed E-state index contributed by atoms with van der Waals surface area (Å²) in [5.41, 5.74) is 2.74. The normalized spacial score (nSPS) is 15.2. The first-order valence-corrected chi connectivity index (χ1v) is 13.6. The van der Waals surface area contributed by atoms with Gasteiger partial charge >= 0.3 is 0 Å². The lowest BCUT2D eigenvalue weighted by Crippen LogP contribution is -2.38. The van der Waals surface area contributed by atoms with E-state index in [1.807, 2.05) is 19.9 Å². The molecule has 0 aliphatic carbocycles. The van der Waals surface area contributed by atoms with E-state index in [1.54, 1.807) is 54.6 Å². The zero-order valence-corrected chi connectivity index (χ0v) is 21.8. The Bertz CT molecular complexity index is 1370. The highest BCUT2D eigenvalue weighted by Crippen LogP contribution is 2.25. The van der Waals surface area contributed by atoms with Gasteiger partial charge in [-0.15, -0.1) is 0 Å². The van der Waals surface area contributed by atoms with Crippen LogP contribution < -0.4 is 14.9 Å². The number of rotatable bonds is 9.